The molecule has 0 radical (unpaired) electrons. The van der Waals surface area contributed by atoms with Crippen molar-refractivity contribution in [2.45, 2.75) is 37.5 Å². The number of rotatable bonds is 8. The molecular weight excluding hydrogens is 400 g/mol. The van der Waals surface area contributed by atoms with Gasteiger partial charge in [0.05, 0.1) is 17.7 Å². The third-order valence-corrected chi connectivity index (χ3v) is 6.92. The van der Waals surface area contributed by atoms with Crippen molar-refractivity contribution in [3.8, 4) is 5.75 Å². The van der Waals surface area contributed by atoms with Gasteiger partial charge in [-0.25, -0.2) is 8.42 Å². The van der Waals surface area contributed by atoms with Crippen molar-refractivity contribution in [3.05, 3.63) is 65.7 Å². The Balaban J connectivity index is 1.86. The Morgan fingerprint density at radius 1 is 1.13 bits per heavy atom. The van der Waals surface area contributed by atoms with Gasteiger partial charge in [-0.3, -0.25) is 9.10 Å². The SMILES string of the molecule is COc1cccc(N(CC(=O)NCC2=CCCCC2)S(=O)(=O)c2ccc(C)cc2)c1. The van der Waals surface area contributed by atoms with Gasteiger partial charge in [0.25, 0.3) is 10.0 Å². The lowest BCUT2D eigenvalue weighted by Gasteiger charge is -2.25. The molecule has 3 rings (SSSR count). The fraction of sp³-hybridized carbons (Fsp3) is 0.348. The molecule has 0 heterocycles. The lowest BCUT2D eigenvalue weighted by atomic mass is 10.00. The quantitative estimate of drug-likeness (QED) is 0.649. The van der Waals surface area contributed by atoms with E-state index in [4.69, 9.17) is 4.74 Å². The molecule has 0 bridgehead atoms. The predicted molar refractivity (Wildman–Crippen MR) is 118 cm³/mol. The maximum Gasteiger partial charge on any atom is 0.264 e. The summed E-state index contributed by atoms with van der Waals surface area (Å²) < 4.78 is 33.1. The summed E-state index contributed by atoms with van der Waals surface area (Å²) in [6.45, 7) is 2.04. The van der Waals surface area contributed by atoms with Crippen LogP contribution in [-0.4, -0.2) is 34.5 Å². The molecule has 0 spiro atoms. The fourth-order valence-corrected chi connectivity index (χ4v) is 4.79. The first-order valence-electron chi connectivity index (χ1n) is 10.1. The molecule has 2 aromatic carbocycles. The number of hydrogen-bond donors (Lipinski definition) is 1. The highest BCUT2D eigenvalue weighted by molar-refractivity contribution is 7.92. The highest BCUT2D eigenvalue weighted by Crippen LogP contribution is 2.27. The molecule has 0 atom stereocenters. The van der Waals surface area contributed by atoms with Gasteiger partial charge in [0.15, 0.2) is 0 Å². The predicted octanol–water partition coefficient (Wildman–Crippen LogP) is 3.82. The number of methoxy groups -OCH3 is 1. The van der Waals surface area contributed by atoms with E-state index in [1.165, 1.54) is 19.1 Å². The van der Waals surface area contributed by atoms with Crippen LogP contribution in [0.2, 0.25) is 0 Å². The van der Waals surface area contributed by atoms with Gasteiger partial charge in [0, 0.05) is 12.6 Å². The van der Waals surface area contributed by atoms with Crippen LogP contribution in [0.25, 0.3) is 0 Å². The van der Waals surface area contributed by atoms with Crippen LogP contribution in [0.1, 0.15) is 31.2 Å². The van der Waals surface area contributed by atoms with Crippen LogP contribution in [0.3, 0.4) is 0 Å². The van der Waals surface area contributed by atoms with Gasteiger partial charge < -0.3 is 10.1 Å². The van der Waals surface area contributed by atoms with Crippen molar-refractivity contribution in [1.29, 1.82) is 0 Å². The normalized spacial score (nSPS) is 14.0. The Morgan fingerprint density at radius 3 is 2.57 bits per heavy atom. The largest absolute Gasteiger partial charge is 0.497 e. The average Bonchev–Trinajstić information content (AvgIpc) is 2.77. The number of sulfonamides is 1. The van der Waals surface area contributed by atoms with E-state index < -0.39 is 10.0 Å². The van der Waals surface area contributed by atoms with Gasteiger partial charge in [-0.15, -0.1) is 0 Å². The molecular formula is C23H28N2O4S. The highest BCUT2D eigenvalue weighted by Gasteiger charge is 2.27. The van der Waals surface area contributed by atoms with Crippen LogP contribution in [0.15, 0.2) is 65.1 Å². The summed E-state index contributed by atoms with van der Waals surface area (Å²) in [6, 6.07) is 13.3. The summed E-state index contributed by atoms with van der Waals surface area (Å²) in [6.07, 6.45) is 6.46. The Bertz CT molecular complexity index is 1010. The van der Waals surface area contributed by atoms with Crippen molar-refractivity contribution in [2.75, 3.05) is 24.5 Å². The zero-order valence-electron chi connectivity index (χ0n) is 17.4. The number of aryl methyl sites for hydroxylation is 1. The maximum atomic E-state index is 13.4. The summed E-state index contributed by atoms with van der Waals surface area (Å²) in [7, 11) is -2.42. The maximum absolute atomic E-state index is 13.4. The summed E-state index contributed by atoms with van der Waals surface area (Å²) in [5.74, 6) is 0.171. The molecule has 0 saturated heterocycles. The van der Waals surface area contributed by atoms with Crippen LogP contribution < -0.4 is 14.4 Å². The Kier molecular flexibility index (Phi) is 7.15. The molecule has 0 fully saturated rings. The first-order valence-corrected chi connectivity index (χ1v) is 11.5. The molecule has 1 amide bonds. The Labute approximate surface area is 178 Å². The van der Waals surface area contributed by atoms with E-state index in [0.717, 1.165) is 29.1 Å². The van der Waals surface area contributed by atoms with Gasteiger partial charge in [0.1, 0.15) is 12.3 Å². The number of benzene rings is 2. The first kappa shape index (κ1) is 21.9. The van der Waals surface area contributed by atoms with Crippen molar-refractivity contribution >= 4 is 21.6 Å². The Hall–Kier alpha value is -2.80. The second-order valence-electron chi connectivity index (χ2n) is 7.41. The highest BCUT2D eigenvalue weighted by atomic mass is 32.2. The molecule has 1 aliphatic carbocycles. The zero-order valence-corrected chi connectivity index (χ0v) is 18.2. The van der Waals surface area contributed by atoms with E-state index in [2.05, 4.69) is 11.4 Å². The number of anilines is 1. The van der Waals surface area contributed by atoms with Crippen LogP contribution >= 0.6 is 0 Å². The van der Waals surface area contributed by atoms with Crippen LogP contribution in [0.5, 0.6) is 5.75 Å². The zero-order chi connectivity index (χ0) is 21.6. The van der Waals surface area contributed by atoms with E-state index in [0.29, 0.717) is 18.0 Å². The summed E-state index contributed by atoms with van der Waals surface area (Å²) in [5, 5.41) is 2.87. The number of allylic oxidation sites excluding steroid dienone is 1. The lowest BCUT2D eigenvalue weighted by molar-refractivity contribution is -0.119. The lowest BCUT2D eigenvalue weighted by Crippen LogP contribution is -2.41. The number of amides is 1. The van der Waals surface area contributed by atoms with E-state index in [9.17, 15) is 13.2 Å². The van der Waals surface area contributed by atoms with Gasteiger partial charge in [-0.05, 0) is 56.9 Å². The van der Waals surface area contributed by atoms with Gasteiger partial charge in [0.2, 0.25) is 5.91 Å². The van der Waals surface area contributed by atoms with Crippen LogP contribution in [0.4, 0.5) is 5.69 Å². The van der Waals surface area contributed by atoms with E-state index in [-0.39, 0.29) is 17.3 Å². The molecule has 2 aromatic rings. The average molecular weight is 429 g/mol. The summed E-state index contributed by atoms with van der Waals surface area (Å²) >= 11 is 0. The third-order valence-electron chi connectivity index (χ3n) is 5.14. The minimum absolute atomic E-state index is 0.138. The number of nitrogens with one attached hydrogen (secondary N) is 1. The molecule has 1 aliphatic rings. The van der Waals surface area contributed by atoms with Crippen LogP contribution in [-0.2, 0) is 14.8 Å². The van der Waals surface area contributed by atoms with Gasteiger partial charge in [-0.1, -0.05) is 35.4 Å². The van der Waals surface area contributed by atoms with E-state index in [1.54, 1.807) is 48.5 Å². The first-order chi connectivity index (χ1) is 14.4. The monoisotopic (exact) mass is 428 g/mol. The molecule has 30 heavy (non-hydrogen) atoms. The molecule has 0 aliphatic heterocycles. The van der Waals surface area contributed by atoms with E-state index in [1.807, 2.05) is 6.92 Å². The van der Waals surface area contributed by atoms with Gasteiger partial charge >= 0.3 is 0 Å². The van der Waals surface area contributed by atoms with Crippen molar-refractivity contribution in [2.24, 2.45) is 0 Å². The second kappa shape index (κ2) is 9.80. The van der Waals surface area contributed by atoms with Crippen molar-refractivity contribution in [3.63, 3.8) is 0 Å². The van der Waals surface area contributed by atoms with Crippen LogP contribution in [0, 0.1) is 6.92 Å². The molecule has 1 N–H and O–H groups in total. The number of nitrogens with zero attached hydrogens (tertiary/aromatic N) is 1. The number of carbonyl (C=O) groups excluding carboxylic acids is 1. The molecule has 7 heteroatoms. The minimum Gasteiger partial charge on any atom is -0.497 e. The third kappa shape index (κ3) is 5.42. The number of ether oxygens (including phenoxy) is 1. The summed E-state index contributed by atoms with van der Waals surface area (Å²) in [4.78, 5) is 12.8. The molecule has 6 nitrogen and oxygen atoms in total. The van der Waals surface area contributed by atoms with Crippen molar-refractivity contribution in [1.82, 2.24) is 5.32 Å². The smallest absolute Gasteiger partial charge is 0.264 e. The number of carbonyl (C=O) groups is 1. The standard InChI is InChI=1S/C23H28N2O4S/c1-18-11-13-22(14-12-18)30(27,28)25(20-9-6-10-21(15-20)29-2)17-23(26)24-16-19-7-4-3-5-8-19/h6-7,9-15H,3-5,8,16-17H2,1-2H3,(H,24,26). The summed E-state index contributed by atoms with van der Waals surface area (Å²) in [5.41, 5.74) is 2.53. The molecule has 0 saturated carbocycles. The minimum atomic E-state index is -3.93. The topological polar surface area (TPSA) is 75.7 Å². The second-order valence-corrected chi connectivity index (χ2v) is 9.27. The molecule has 160 valence electrons. The van der Waals surface area contributed by atoms with E-state index >= 15 is 0 Å². The number of hydrogen-bond acceptors (Lipinski definition) is 4. The van der Waals surface area contributed by atoms with Crippen molar-refractivity contribution < 1.29 is 17.9 Å². The Morgan fingerprint density at radius 2 is 1.90 bits per heavy atom. The molecule has 0 unspecified atom stereocenters. The fourth-order valence-electron chi connectivity index (χ4n) is 3.38. The van der Waals surface area contributed by atoms with Gasteiger partial charge in [-0.2, -0.15) is 0 Å². The molecule has 0 aromatic heterocycles.